The molecule has 1 atom stereocenters. The lowest BCUT2D eigenvalue weighted by molar-refractivity contribution is -0.274. The summed E-state index contributed by atoms with van der Waals surface area (Å²) in [6.07, 6.45) is -3.21. The van der Waals surface area contributed by atoms with Gasteiger partial charge in [-0.3, -0.25) is 15.2 Å². The van der Waals surface area contributed by atoms with Crippen LogP contribution in [0.3, 0.4) is 0 Å². The number of nitriles is 1. The first-order chi connectivity index (χ1) is 18.1. The summed E-state index contributed by atoms with van der Waals surface area (Å²) < 4.78 is 73.5. The maximum absolute atomic E-state index is 13.0. The second kappa shape index (κ2) is 12.1. The minimum Gasteiger partial charge on any atom is -0.406 e. The summed E-state index contributed by atoms with van der Waals surface area (Å²) in [5, 5.41) is 9.28. The summed E-state index contributed by atoms with van der Waals surface area (Å²) >= 11 is 0. The zero-order valence-electron chi connectivity index (χ0n) is 20.4. The number of nitrogens with zero attached hydrogens (tertiary/aromatic N) is 3. The third-order valence-corrected chi connectivity index (χ3v) is 7.99. The van der Waals surface area contributed by atoms with Gasteiger partial charge in [-0.2, -0.15) is 9.57 Å². The number of hydrogen-bond donors (Lipinski definition) is 1. The SMILES string of the molecule is N#Cc1cccc(C(CN2CCOCC2)ONC2=CCN(S(=O)(=O)c3ccc(OC(F)(F)F)cc3)CC2)c1. The van der Waals surface area contributed by atoms with E-state index in [4.69, 9.17) is 9.57 Å². The lowest BCUT2D eigenvalue weighted by atomic mass is 10.1. The Morgan fingerprint density at radius 1 is 1.11 bits per heavy atom. The Kier molecular flexibility index (Phi) is 8.91. The van der Waals surface area contributed by atoms with Crippen LogP contribution in [0.1, 0.15) is 23.7 Å². The van der Waals surface area contributed by atoms with Crippen LogP contribution < -0.4 is 10.2 Å². The molecule has 2 heterocycles. The van der Waals surface area contributed by atoms with Gasteiger partial charge < -0.3 is 9.47 Å². The van der Waals surface area contributed by atoms with Crippen LogP contribution in [-0.2, 0) is 19.6 Å². The number of alkyl halides is 3. The molecule has 0 spiro atoms. The van der Waals surface area contributed by atoms with E-state index in [0.29, 0.717) is 37.4 Å². The fraction of sp³-hybridized carbons (Fsp3) is 0.400. The number of rotatable bonds is 9. The van der Waals surface area contributed by atoms with Gasteiger partial charge in [0.15, 0.2) is 0 Å². The molecule has 0 amide bonds. The first kappa shape index (κ1) is 27.9. The Bertz CT molecular complexity index is 1270. The average molecular weight is 553 g/mol. The number of morpholine rings is 1. The normalized spacial score (nSPS) is 18.3. The Hall–Kier alpha value is -3.15. The molecule has 0 saturated carbocycles. The van der Waals surface area contributed by atoms with Crippen molar-refractivity contribution in [3.05, 3.63) is 71.4 Å². The molecule has 204 valence electrons. The van der Waals surface area contributed by atoms with Crippen molar-refractivity contribution in [1.29, 1.82) is 5.26 Å². The van der Waals surface area contributed by atoms with E-state index < -0.39 is 22.1 Å². The molecule has 9 nitrogen and oxygen atoms in total. The standard InChI is InChI=1S/C25H27F3N4O5S/c26-25(27,28)36-22-4-6-23(7-5-22)38(33,34)32-10-8-21(9-11-32)30-37-24(18-31-12-14-35-15-13-31)20-3-1-2-19(16-20)17-29/h1-8,16,24,30H,9-15,18H2. The fourth-order valence-electron chi connectivity index (χ4n) is 4.11. The van der Waals surface area contributed by atoms with Crippen LogP contribution in [0.2, 0.25) is 0 Å². The first-order valence-corrected chi connectivity index (χ1v) is 13.3. The van der Waals surface area contributed by atoms with Gasteiger partial charge in [-0.05, 0) is 48.0 Å². The number of nitrogens with one attached hydrogen (secondary N) is 1. The molecule has 4 rings (SSSR count). The van der Waals surface area contributed by atoms with Crippen LogP contribution in [0.4, 0.5) is 13.2 Å². The lowest BCUT2D eigenvalue weighted by Crippen LogP contribution is -2.40. The van der Waals surface area contributed by atoms with Crippen LogP contribution >= 0.6 is 0 Å². The number of halogens is 3. The number of hydrogen-bond acceptors (Lipinski definition) is 8. The van der Waals surface area contributed by atoms with Gasteiger partial charge in [0.05, 0.1) is 29.7 Å². The summed E-state index contributed by atoms with van der Waals surface area (Å²) in [4.78, 5) is 8.13. The summed E-state index contributed by atoms with van der Waals surface area (Å²) in [5.41, 5.74) is 5.02. The van der Waals surface area contributed by atoms with Crippen molar-refractivity contribution in [2.24, 2.45) is 0 Å². The number of hydroxylamine groups is 1. The smallest absolute Gasteiger partial charge is 0.406 e. The summed E-state index contributed by atoms with van der Waals surface area (Å²) in [6, 6.07) is 13.4. The quantitative estimate of drug-likeness (QED) is 0.473. The van der Waals surface area contributed by atoms with E-state index >= 15 is 0 Å². The lowest BCUT2D eigenvalue weighted by Gasteiger charge is -2.31. The molecule has 0 aromatic heterocycles. The fourth-order valence-corrected chi connectivity index (χ4v) is 5.49. The van der Waals surface area contributed by atoms with E-state index in [1.165, 1.54) is 4.31 Å². The van der Waals surface area contributed by atoms with Gasteiger partial charge in [0, 0.05) is 44.8 Å². The van der Waals surface area contributed by atoms with Crippen molar-refractivity contribution in [2.75, 3.05) is 45.9 Å². The van der Waals surface area contributed by atoms with E-state index in [-0.39, 0.29) is 24.1 Å². The van der Waals surface area contributed by atoms with E-state index in [0.717, 1.165) is 42.9 Å². The van der Waals surface area contributed by atoms with Crippen molar-refractivity contribution in [3.8, 4) is 11.8 Å². The van der Waals surface area contributed by atoms with Crippen molar-refractivity contribution < 1.29 is 35.9 Å². The monoisotopic (exact) mass is 552 g/mol. The zero-order valence-corrected chi connectivity index (χ0v) is 21.2. The molecule has 13 heteroatoms. The molecule has 2 aromatic rings. The predicted molar refractivity (Wildman–Crippen MR) is 130 cm³/mol. The molecule has 0 aliphatic carbocycles. The molecule has 2 aliphatic rings. The summed E-state index contributed by atoms with van der Waals surface area (Å²) in [7, 11) is -3.91. The Morgan fingerprint density at radius 3 is 2.47 bits per heavy atom. The number of ether oxygens (including phenoxy) is 2. The van der Waals surface area contributed by atoms with Crippen molar-refractivity contribution in [2.45, 2.75) is 23.8 Å². The van der Waals surface area contributed by atoms with E-state index in [1.54, 1.807) is 24.3 Å². The van der Waals surface area contributed by atoms with Crippen LogP contribution in [-0.4, -0.2) is 69.9 Å². The number of sulfonamides is 1. The summed E-state index contributed by atoms with van der Waals surface area (Å²) in [6.45, 7) is 3.58. The van der Waals surface area contributed by atoms with Crippen LogP contribution in [0.25, 0.3) is 0 Å². The minimum absolute atomic E-state index is 0.0624. The van der Waals surface area contributed by atoms with Crippen LogP contribution in [0, 0.1) is 11.3 Å². The van der Waals surface area contributed by atoms with Gasteiger partial charge in [-0.1, -0.05) is 12.1 Å². The zero-order chi connectivity index (χ0) is 27.2. The highest BCUT2D eigenvalue weighted by atomic mass is 32.2. The molecule has 1 saturated heterocycles. The molecule has 1 unspecified atom stereocenters. The Morgan fingerprint density at radius 2 is 1.84 bits per heavy atom. The van der Waals surface area contributed by atoms with Gasteiger partial charge in [-0.25, -0.2) is 8.42 Å². The van der Waals surface area contributed by atoms with Gasteiger partial charge in [0.2, 0.25) is 10.0 Å². The molecule has 2 aliphatic heterocycles. The highest BCUT2D eigenvalue weighted by Gasteiger charge is 2.32. The molecule has 1 N–H and O–H groups in total. The van der Waals surface area contributed by atoms with Crippen LogP contribution in [0.15, 0.2) is 65.2 Å². The maximum atomic E-state index is 13.0. The molecular weight excluding hydrogens is 525 g/mol. The predicted octanol–water partition coefficient (Wildman–Crippen LogP) is 3.33. The van der Waals surface area contributed by atoms with E-state index in [2.05, 4.69) is 21.2 Å². The highest BCUT2D eigenvalue weighted by molar-refractivity contribution is 7.89. The Balaban J connectivity index is 1.39. The maximum Gasteiger partial charge on any atom is 0.573 e. The van der Waals surface area contributed by atoms with E-state index in [1.807, 2.05) is 6.07 Å². The van der Waals surface area contributed by atoms with Gasteiger partial charge >= 0.3 is 6.36 Å². The van der Waals surface area contributed by atoms with Crippen molar-refractivity contribution in [3.63, 3.8) is 0 Å². The molecular formula is C25H27F3N4O5S. The second-order valence-corrected chi connectivity index (χ2v) is 10.7. The largest absolute Gasteiger partial charge is 0.573 e. The molecule has 38 heavy (non-hydrogen) atoms. The van der Waals surface area contributed by atoms with Gasteiger partial charge in [-0.15, -0.1) is 13.2 Å². The summed E-state index contributed by atoms with van der Waals surface area (Å²) in [5.74, 6) is -0.495. The average Bonchev–Trinajstić information content (AvgIpc) is 2.91. The molecule has 0 bridgehead atoms. The molecule has 0 radical (unpaired) electrons. The number of benzene rings is 2. The van der Waals surface area contributed by atoms with E-state index in [9.17, 15) is 26.9 Å². The van der Waals surface area contributed by atoms with Crippen LogP contribution in [0.5, 0.6) is 5.75 Å². The minimum atomic E-state index is -4.86. The van der Waals surface area contributed by atoms with Crippen molar-refractivity contribution >= 4 is 10.0 Å². The third kappa shape index (κ3) is 7.46. The van der Waals surface area contributed by atoms with Gasteiger partial charge in [0.1, 0.15) is 11.9 Å². The highest BCUT2D eigenvalue weighted by Crippen LogP contribution is 2.26. The van der Waals surface area contributed by atoms with Gasteiger partial charge in [0.25, 0.3) is 0 Å². The molecule has 1 fully saturated rings. The topological polar surface area (TPSA) is 104 Å². The molecule has 2 aromatic carbocycles. The van der Waals surface area contributed by atoms with Crippen molar-refractivity contribution in [1.82, 2.24) is 14.7 Å². The third-order valence-electron chi connectivity index (χ3n) is 6.11. The Labute approximate surface area is 219 Å². The second-order valence-electron chi connectivity index (χ2n) is 8.72. The first-order valence-electron chi connectivity index (χ1n) is 11.9.